The van der Waals surface area contributed by atoms with Crippen molar-refractivity contribution in [1.29, 1.82) is 0 Å². The maximum Gasteiger partial charge on any atom is 0.337 e. The van der Waals surface area contributed by atoms with Gasteiger partial charge >= 0.3 is 5.97 Å². The van der Waals surface area contributed by atoms with Gasteiger partial charge in [0.25, 0.3) is 5.89 Å². The lowest BCUT2D eigenvalue weighted by Gasteiger charge is -2.35. The van der Waals surface area contributed by atoms with E-state index in [1.54, 1.807) is 24.3 Å². The summed E-state index contributed by atoms with van der Waals surface area (Å²) in [6.45, 7) is 5.10. The second kappa shape index (κ2) is 10.2. The Morgan fingerprint density at radius 1 is 1.06 bits per heavy atom. The highest BCUT2D eigenvalue weighted by atomic mass is 16.7. The summed E-state index contributed by atoms with van der Waals surface area (Å²) >= 11 is 0. The first-order chi connectivity index (χ1) is 16.0. The molecule has 0 radical (unpaired) electrons. The summed E-state index contributed by atoms with van der Waals surface area (Å²) in [6, 6.07) is 12.9. The van der Waals surface area contributed by atoms with Crippen molar-refractivity contribution in [3.63, 3.8) is 0 Å². The first-order valence-electron chi connectivity index (χ1n) is 11.4. The number of benzene rings is 2. The third-order valence-corrected chi connectivity index (χ3v) is 6.33. The predicted octanol–water partition coefficient (Wildman–Crippen LogP) is 5.78. The molecule has 1 aromatic heterocycles. The van der Waals surface area contributed by atoms with Gasteiger partial charge in [-0.1, -0.05) is 31.3 Å². The molecule has 0 N–H and O–H groups in total. The molecular formula is C26H30N2O5. The van der Waals surface area contributed by atoms with Gasteiger partial charge < -0.3 is 18.7 Å². The Morgan fingerprint density at radius 2 is 1.79 bits per heavy atom. The number of hydrogen-bond acceptors (Lipinski definition) is 7. The predicted molar refractivity (Wildman–Crippen MR) is 124 cm³/mol. The smallest absolute Gasteiger partial charge is 0.337 e. The molecule has 7 heteroatoms. The average molecular weight is 451 g/mol. The van der Waals surface area contributed by atoms with E-state index in [9.17, 15) is 4.79 Å². The average Bonchev–Trinajstić information content (AvgIpc) is 3.35. The van der Waals surface area contributed by atoms with Crippen LogP contribution in [0.3, 0.4) is 0 Å². The number of esters is 1. The van der Waals surface area contributed by atoms with Gasteiger partial charge in [-0.25, -0.2) is 4.79 Å². The Bertz CT molecular complexity index is 1080. The summed E-state index contributed by atoms with van der Waals surface area (Å²) in [5.41, 5.74) is 3.27. The third kappa shape index (κ3) is 5.09. The van der Waals surface area contributed by atoms with Crippen LogP contribution in [0, 0.1) is 0 Å². The summed E-state index contributed by atoms with van der Waals surface area (Å²) in [5, 5.41) is 4.21. The van der Waals surface area contributed by atoms with Crippen LogP contribution in [-0.4, -0.2) is 36.6 Å². The maximum atomic E-state index is 11.7. The molecule has 1 heterocycles. The van der Waals surface area contributed by atoms with Crippen molar-refractivity contribution >= 4 is 5.97 Å². The zero-order valence-electron chi connectivity index (χ0n) is 19.4. The summed E-state index contributed by atoms with van der Waals surface area (Å²) in [6.07, 6.45) is 5.92. The number of rotatable bonds is 8. The molecule has 3 aromatic rings. The molecule has 0 aliphatic heterocycles. The van der Waals surface area contributed by atoms with Gasteiger partial charge in [0.05, 0.1) is 12.7 Å². The highest BCUT2D eigenvalue weighted by molar-refractivity contribution is 5.89. The molecule has 2 aromatic carbocycles. The fourth-order valence-electron chi connectivity index (χ4n) is 4.38. The van der Waals surface area contributed by atoms with Gasteiger partial charge in [-0.05, 0) is 67.6 Å². The van der Waals surface area contributed by atoms with Crippen molar-refractivity contribution in [1.82, 2.24) is 10.1 Å². The standard InChI is InChI=1S/C26H30N2O5/c1-4-31-17-32-22-13-12-20(16-21(22)26(2)14-6-5-7-15-26)23-27-24(33-28-23)18-8-10-19(11-9-18)25(29)30-3/h8-13,16H,4-7,14-15,17H2,1-3H3. The third-order valence-electron chi connectivity index (χ3n) is 6.33. The van der Waals surface area contributed by atoms with Crippen LogP contribution in [0.1, 0.15) is 61.9 Å². The number of carbonyl (C=O) groups excluding carboxylic acids is 1. The molecule has 1 aliphatic carbocycles. The number of hydrogen-bond donors (Lipinski definition) is 0. The Balaban J connectivity index is 1.63. The van der Waals surface area contributed by atoms with Crippen molar-refractivity contribution in [2.45, 2.75) is 51.4 Å². The lowest BCUT2D eigenvalue weighted by atomic mass is 9.70. The van der Waals surface area contributed by atoms with Crippen molar-refractivity contribution < 1.29 is 23.5 Å². The molecule has 0 amide bonds. The molecule has 1 fully saturated rings. The SMILES string of the molecule is CCOCOc1ccc(-c2noc(-c3ccc(C(=O)OC)cc3)n2)cc1C1(C)CCCCC1. The van der Waals surface area contributed by atoms with E-state index in [-0.39, 0.29) is 18.2 Å². The van der Waals surface area contributed by atoms with E-state index in [1.165, 1.54) is 26.4 Å². The van der Waals surface area contributed by atoms with Crippen molar-refractivity contribution in [3.8, 4) is 28.6 Å². The van der Waals surface area contributed by atoms with Gasteiger partial charge in [-0.2, -0.15) is 4.98 Å². The van der Waals surface area contributed by atoms with Gasteiger partial charge in [0.1, 0.15) is 5.75 Å². The second-order valence-electron chi connectivity index (χ2n) is 8.58. The molecule has 7 nitrogen and oxygen atoms in total. The molecule has 174 valence electrons. The van der Waals surface area contributed by atoms with Gasteiger partial charge in [0.2, 0.25) is 5.82 Å². The van der Waals surface area contributed by atoms with E-state index in [0.29, 0.717) is 23.9 Å². The largest absolute Gasteiger partial charge is 0.467 e. The highest BCUT2D eigenvalue weighted by Crippen LogP contribution is 2.44. The molecule has 1 saturated carbocycles. The molecule has 4 rings (SSSR count). The van der Waals surface area contributed by atoms with Gasteiger partial charge in [-0.15, -0.1) is 0 Å². The van der Waals surface area contributed by atoms with E-state index < -0.39 is 0 Å². The molecule has 0 bridgehead atoms. The van der Waals surface area contributed by atoms with Crippen molar-refractivity contribution in [2.75, 3.05) is 20.5 Å². The lowest BCUT2D eigenvalue weighted by molar-refractivity contribution is 0.0209. The minimum Gasteiger partial charge on any atom is -0.467 e. The van der Waals surface area contributed by atoms with E-state index >= 15 is 0 Å². The monoisotopic (exact) mass is 450 g/mol. The number of carbonyl (C=O) groups is 1. The summed E-state index contributed by atoms with van der Waals surface area (Å²) in [4.78, 5) is 16.3. The fraction of sp³-hybridized carbons (Fsp3) is 0.423. The zero-order chi connectivity index (χ0) is 23.3. The van der Waals surface area contributed by atoms with Crippen LogP contribution >= 0.6 is 0 Å². The van der Waals surface area contributed by atoms with Crippen LogP contribution in [0.4, 0.5) is 0 Å². The fourth-order valence-corrected chi connectivity index (χ4v) is 4.38. The number of methoxy groups -OCH3 is 1. The Morgan fingerprint density at radius 3 is 2.48 bits per heavy atom. The van der Waals surface area contributed by atoms with E-state index in [4.69, 9.17) is 18.7 Å². The van der Waals surface area contributed by atoms with E-state index in [0.717, 1.165) is 35.3 Å². The van der Waals surface area contributed by atoms with Gasteiger partial charge in [0, 0.05) is 23.3 Å². The van der Waals surface area contributed by atoms with Crippen LogP contribution in [0.25, 0.3) is 22.8 Å². The Hall–Kier alpha value is -3.19. The normalized spacial score (nSPS) is 15.2. The molecule has 0 atom stereocenters. The van der Waals surface area contributed by atoms with Crippen LogP contribution in [-0.2, 0) is 14.9 Å². The summed E-state index contributed by atoms with van der Waals surface area (Å²) in [7, 11) is 1.36. The molecular weight excluding hydrogens is 420 g/mol. The van der Waals surface area contributed by atoms with Crippen molar-refractivity contribution in [2.24, 2.45) is 0 Å². The van der Waals surface area contributed by atoms with Crippen LogP contribution in [0.2, 0.25) is 0 Å². The number of ether oxygens (including phenoxy) is 3. The zero-order valence-corrected chi connectivity index (χ0v) is 19.4. The minimum absolute atomic E-state index is 0.0338. The first-order valence-corrected chi connectivity index (χ1v) is 11.4. The number of nitrogens with zero attached hydrogens (tertiary/aromatic N) is 2. The maximum absolute atomic E-state index is 11.7. The topological polar surface area (TPSA) is 83.7 Å². The number of aromatic nitrogens is 2. The van der Waals surface area contributed by atoms with E-state index in [2.05, 4.69) is 23.1 Å². The Labute approximate surface area is 194 Å². The van der Waals surface area contributed by atoms with Crippen LogP contribution in [0.15, 0.2) is 47.0 Å². The van der Waals surface area contributed by atoms with E-state index in [1.807, 2.05) is 19.1 Å². The summed E-state index contributed by atoms with van der Waals surface area (Å²) < 4.78 is 21.7. The quantitative estimate of drug-likeness (QED) is 0.244. The first kappa shape index (κ1) is 23.0. The Kier molecular flexibility index (Phi) is 7.08. The van der Waals surface area contributed by atoms with Crippen LogP contribution < -0.4 is 4.74 Å². The van der Waals surface area contributed by atoms with Gasteiger partial charge in [0.15, 0.2) is 6.79 Å². The lowest BCUT2D eigenvalue weighted by Crippen LogP contribution is -2.26. The van der Waals surface area contributed by atoms with Crippen LogP contribution in [0.5, 0.6) is 5.75 Å². The molecule has 33 heavy (non-hydrogen) atoms. The second-order valence-corrected chi connectivity index (χ2v) is 8.58. The highest BCUT2D eigenvalue weighted by Gasteiger charge is 2.32. The van der Waals surface area contributed by atoms with Crippen molar-refractivity contribution in [3.05, 3.63) is 53.6 Å². The molecule has 1 aliphatic rings. The minimum atomic E-state index is -0.386. The van der Waals surface area contributed by atoms with Gasteiger partial charge in [-0.3, -0.25) is 0 Å². The molecule has 0 spiro atoms. The molecule has 0 saturated heterocycles. The summed E-state index contributed by atoms with van der Waals surface area (Å²) in [5.74, 6) is 1.37. The molecule has 0 unspecified atom stereocenters.